The Bertz CT molecular complexity index is 371. The summed E-state index contributed by atoms with van der Waals surface area (Å²) in [6.07, 6.45) is 10.8. The molecule has 0 aliphatic heterocycles. The van der Waals surface area contributed by atoms with Gasteiger partial charge >= 0.3 is 0 Å². The van der Waals surface area contributed by atoms with Crippen molar-refractivity contribution in [3.8, 4) is 5.75 Å². The Hall–Kier alpha value is -1.09. The summed E-state index contributed by atoms with van der Waals surface area (Å²) >= 11 is 0. The van der Waals surface area contributed by atoms with Crippen LogP contribution in [-0.2, 0) is 5.60 Å². The topological polar surface area (TPSA) is 42.4 Å². The molecule has 1 aromatic heterocycles. The number of nitrogens with zero attached hydrogens (tertiary/aromatic N) is 1. The van der Waals surface area contributed by atoms with Gasteiger partial charge in [-0.05, 0) is 25.3 Å². The molecule has 1 aliphatic carbocycles. The van der Waals surface area contributed by atoms with E-state index in [1.807, 2.05) is 6.07 Å². The number of pyridine rings is 1. The van der Waals surface area contributed by atoms with Gasteiger partial charge in [0.25, 0.3) is 0 Å². The van der Waals surface area contributed by atoms with E-state index in [-0.39, 0.29) is 0 Å². The molecule has 3 nitrogen and oxygen atoms in total. The molecule has 1 N–H and O–H groups in total. The third-order valence-corrected chi connectivity index (χ3v) is 3.65. The predicted octanol–water partition coefficient (Wildman–Crippen LogP) is 3.41. The van der Waals surface area contributed by atoms with Gasteiger partial charge in [0.05, 0.1) is 18.4 Å². The molecular formula is C15H23NO2. The van der Waals surface area contributed by atoms with Crippen LogP contribution >= 0.6 is 0 Å². The summed E-state index contributed by atoms with van der Waals surface area (Å²) in [4.78, 5) is 4.20. The first kappa shape index (κ1) is 13.3. The fraction of sp³-hybridized carbons (Fsp3) is 0.667. The van der Waals surface area contributed by atoms with E-state index in [4.69, 9.17) is 4.74 Å². The quantitative estimate of drug-likeness (QED) is 0.831. The maximum Gasteiger partial charge on any atom is 0.137 e. The minimum absolute atomic E-state index is 0.698. The molecule has 1 heterocycles. The van der Waals surface area contributed by atoms with Crippen LogP contribution in [0.4, 0.5) is 0 Å². The zero-order valence-electron chi connectivity index (χ0n) is 11.2. The molecule has 0 amide bonds. The first-order valence-electron chi connectivity index (χ1n) is 7.05. The Balaban J connectivity index is 2.15. The van der Waals surface area contributed by atoms with E-state index in [0.29, 0.717) is 6.61 Å². The Kier molecular flexibility index (Phi) is 4.59. The summed E-state index contributed by atoms with van der Waals surface area (Å²) < 4.78 is 5.59. The lowest BCUT2D eigenvalue weighted by Gasteiger charge is -2.27. The summed E-state index contributed by atoms with van der Waals surface area (Å²) in [5.74, 6) is 0.770. The molecule has 0 saturated heterocycles. The van der Waals surface area contributed by atoms with Crippen molar-refractivity contribution in [2.45, 2.75) is 57.5 Å². The molecule has 3 heteroatoms. The van der Waals surface area contributed by atoms with E-state index in [1.165, 1.54) is 12.8 Å². The van der Waals surface area contributed by atoms with Crippen LogP contribution in [0.5, 0.6) is 5.75 Å². The first-order chi connectivity index (χ1) is 8.74. The van der Waals surface area contributed by atoms with Crippen LogP contribution in [0.15, 0.2) is 18.5 Å². The number of aromatic nitrogens is 1. The monoisotopic (exact) mass is 249 g/mol. The van der Waals surface area contributed by atoms with Gasteiger partial charge in [-0.1, -0.05) is 32.6 Å². The van der Waals surface area contributed by atoms with Crippen molar-refractivity contribution in [1.29, 1.82) is 0 Å². The van der Waals surface area contributed by atoms with Gasteiger partial charge in [0, 0.05) is 11.8 Å². The van der Waals surface area contributed by atoms with Gasteiger partial charge in [-0.2, -0.15) is 0 Å². The fourth-order valence-electron chi connectivity index (χ4n) is 2.57. The fourth-order valence-corrected chi connectivity index (χ4v) is 2.57. The number of aliphatic hydroxyl groups is 1. The number of ether oxygens (including phenoxy) is 1. The third kappa shape index (κ3) is 3.22. The summed E-state index contributed by atoms with van der Waals surface area (Å²) in [6.45, 7) is 2.78. The Morgan fingerprint density at radius 3 is 2.61 bits per heavy atom. The average Bonchev–Trinajstić information content (AvgIpc) is 2.63. The predicted molar refractivity (Wildman–Crippen MR) is 71.6 cm³/mol. The van der Waals surface area contributed by atoms with Crippen molar-refractivity contribution in [3.63, 3.8) is 0 Å². The van der Waals surface area contributed by atoms with Crippen molar-refractivity contribution in [3.05, 3.63) is 24.0 Å². The normalized spacial score (nSPS) is 19.2. The molecule has 0 aromatic carbocycles. The van der Waals surface area contributed by atoms with Crippen molar-refractivity contribution in [2.24, 2.45) is 0 Å². The van der Waals surface area contributed by atoms with Gasteiger partial charge in [-0.15, -0.1) is 0 Å². The van der Waals surface area contributed by atoms with Crippen molar-refractivity contribution >= 4 is 0 Å². The van der Waals surface area contributed by atoms with E-state index >= 15 is 0 Å². The largest absolute Gasteiger partial charge is 0.492 e. The summed E-state index contributed by atoms with van der Waals surface area (Å²) in [5.41, 5.74) is 0.215. The molecule has 0 unspecified atom stereocenters. The lowest BCUT2D eigenvalue weighted by atomic mass is 9.87. The van der Waals surface area contributed by atoms with E-state index < -0.39 is 5.60 Å². The van der Waals surface area contributed by atoms with E-state index in [1.54, 1.807) is 12.4 Å². The highest BCUT2D eigenvalue weighted by Crippen LogP contribution is 2.36. The van der Waals surface area contributed by atoms with Crippen LogP contribution < -0.4 is 4.74 Å². The highest BCUT2D eigenvalue weighted by Gasteiger charge is 2.30. The molecule has 0 spiro atoms. The number of hydrogen-bond acceptors (Lipinski definition) is 3. The second kappa shape index (κ2) is 6.19. The first-order valence-corrected chi connectivity index (χ1v) is 7.05. The SMILES string of the molecule is CCCOc1cncc(C2(O)CCCCCC2)c1. The van der Waals surface area contributed by atoms with E-state index in [9.17, 15) is 5.11 Å². The van der Waals surface area contributed by atoms with Gasteiger partial charge in [-0.3, -0.25) is 4.98 Å². The third-order valence-electron chi connectivity index (χ3n) is 3.65. The van der Waals surface area contributed by atoms with Gasteiger partial charge < -0.3 is 9.84 Å². The molecule has 2 rings (SSSR count). The minimum atomic E-state index is -0.699. The number of hydrogen-bond donors (Lipinski definition) is 1. The van der Waals surface area contributed by atoms with Crippen molar-refractivity contribution in [2.75, 3.05) is 6.61 Å². The van der Waals surface area contributed by atoms with Gasteiger partial charge in [-0.25, -0.2) is 0 Å². The Morgan fingerprint density at radius 1 is 1.22 bits per heavy atom. The molecule has 18 heavy (non-hydrogen) atoms. The molecule has 0 radical (unpaired) electrons. The van der Waals surface area contributed by atoms with Crippen LogP contribution in [0.3, 0.4) is 0 Å². The Labute approximate surface area is 109 Å². The van der Waals surface area contributed by atoms with Crippen LogP contribution in [-0.4, -0.2) is 16.7 Å². The molecule has 0 bridgehead atoms. The highest BCUT2D eigenvalue weighted by atomic mass is 16.5. The van der Waals surface area contributed by atoms with Crippen molar-refractivity contribution in [1.82, 2.24) is 4.98 Å². The summed E-state index contributed by atoms with van der Waals surface area (Å²) in [7, 11) is 0. The smallest absolute Gasteiger partial charge is 0.137 e. The molecule has 1 aliphatic rings. The molecular weight excluding hydrogens is 226 g/mol. The molecule has 0 atom stereocenters. The molecule has 1 saturated carbocycles. The second-order valence-electron chi connectivity index (χ2n) is 5.20. The van der Waals surface area contributed by atoms with E-state index in [2.05, 4.69) is 11.9 Å². The van der Waals surface area contributed by atoms with Crippen LogP contribution in [0.2, 0.25) is 0 Å². The molecule has 100 valence electrons. The van der Waals surface area contributed by atoms with Gasteiger partial charge in [0.15, 0.2) is 0 Å². The van der Waals surface area contributed by atoms with Gasteiger partial charge in [0.1, 0.15) is 5.75 Å². The zero-order chi connectivity index (χ0) is 12.8. The average molecular weight is 249 g/mol. The van der Waals surface area contributed by atoms with Crippen LogP contribution in [0.1, 0.15) is 57.4 Å². The minimum Gasteiger partial charge on any atom is -0.492 e. The highest BCUT2D eigenvalue weighted by molar-refractivity contribution is 5.28. The maximum absolute atomic E-state index is 10.8. The summed E-state index contributed by atoms with van der Waals surface area (Å²) in [6, 6.07) is 1.95. The Morgan fingerprint density at radius 2 is 1.94 bits per heavy atom. The maximum atomic E-state index is 10.8. The molecule has 1 fully saturated rings. The zero-order valence-corrected chi connectivity index (χ0v) is 11.2. The summed E-state index contributed by atoms with van der Waals surface area (Å²) in [5, 5.41) is 10.8. The van der Waals surface area contributed by atoms with Crippen LogP contribution in [0.25, 0.3) is 0 Å². The van der Waals surface area contributed by atoms with E-state index in [0.717, 1.165) is 43.4 Å². The molecule has 1 aromatic rings. The lowest BCUT2D eigenvalue weighted by molar-refractivity contribution is 0.0201. The standard InChI is InChI=1S/C15H23NO2/c1-2-9-18-14-10-13(11-16-12-14)15(17)7-5-3-4-6-8-15/h10-12,17H,2-9H2,1H3. The van der Waals surface area contributed by atoms with Gasteiger partial charge in [0.2, 0.25) is 0 Å². The number of rotatable bonds is 4. The second-order valence-corrected chi connectivity index (χ2v) is 5.20. The van der Waals surface area contributed by atoms with Crippen LogP contribution in [0, 0.1) is 0 Å². The van der Waals surface area contributed by atoms with Crippen molar-refractivity contribution < 1.29 is 9.84 Å². The lowest BCUT2D eigenvalue weighted by Crippen LogP contribution is -2.24.